The van der Waals surface area contributed by atoms with Crippen LogP contribution in [0.3, 0.4) is 0 Å². The summed E-state index contributed by atoms with van der Waals surface area (Å²) in [6, 6.07) is 0. The van der Waals surface area contributed by atoms with Crippen LogP contribution in [0.2, 0.25) is 0 Å². The van der Waals surface area contributed by atoms with E-state index >= 15 is 0 Å². The molecule has 0 radical (unpaired) electrons. The van der Waals surface area contributed by atoms with Gasteiger partial charge in [-0.2, -0.15) is 0 Å². The van der Waals surface area contributed by atoms with Gasteiger partial charge in [-0.05, 0) is 31.6 Å². The molecule has 0 aliphatic heterocycles. The van der Waals surface area contributed by atoms with E-state index in [-0.39, 0.29) is 25.7 Å². The number of aliphatic hydroxyl groups is 1. The van der Waals surface area contributed by atoms with E-state index < -0.39 is 97.5 Å². The van der Waals surface area contributed by atoms with Crippen LogP contribution in [0.15, 0.2) is 0 Å². The van der Waals surface area contributed by atoms with Crippen LogP contribution in [-0.2, 0) is 65.4 Å². The van der Waals surface area contributed by atoms with Crippen molar-refractivity contribution >= 4 is 39.5 Å². The Labute approximate surface area is 524 Å². The Morgan fingerprint density at radius 1 is 0.326 bits per heavy atom. The normalized spacial score (nSPS) is 14.5. The van der Waals surface area contributed by atoms with Crippen molar-refractivity contribution in [2.45, 2.75) is 361 Å². The maximum Gasteiger partial charge on any atom is 0.472 e. The molecule has 6 atom stereocenters. The molecule has 0 rings (SSSR count). The van der Waals surface area contributed by atoms with Crippen molar-refractivity contribution in [3.05, 3.63) is 0 Å². The zero-order chi connectivity index (χ0) is 63.5. The summed E-state index contributed by atoms with van der Waals surface area (Å²) in [6.45, 7) is 7.23. The fourth-order valence-electron chi connectivity index (χ4n) is 10.1. The zero-order valence-electron chi connectivity index (χ0n) is 55.4. The summed E-state index contributed by atoms with van der Waals surface area (Å²) in [5, 5.41) is 10.6. The lowest BCUT2D eigenvalue weighted by molar-refractivity contribution is -0.161. The van der Waals surface area contributed by atoms with Gasteiger partial charge in [-0.3, -0.25) is 37.3 Å². The lowest BCUT2D eigenvalue weighted by Gasteiger charge is -2.21. The maximum atomic E-state index is 13.0. The molecule has 0 fully saturated rings. The van der Waals surface area contributed by atoms with Gasteiger partial charge in [0, 0.05) is 25.7 Å². The zero-order valence-corrected chi connectivity index (χ0v) is 57.2. The smallest absolute Gasteiger partial charge is 0.462 e. The van der Waals surface area contributed by atoms with E-state index in [2.05, 4.69) is 34.6 Å². The fourth-order valence-corrected chi connectivity index (χ4v) is 11.7. The first-order valence-electron chi connectivity index (χ1n) is 35.2. The Morgan fingerprint density at radius 3 is 0.826 bits per heavy atom. The highest BCUT2D eigenvalue weighted by Gasteiger charge is 2.30. The van der Waals surface area contributed by atoms with Crippen molar-refractivity contribution in [2.24, 2.45) is 5.92 Å². The van der Waals surface area contributed by atoms with E-state index in [9.17, 15) is 43.2 Å². The molecule has 0 spiro atoms. The Morgan fingerprint density at radius 2 is 0.558 bits per heavy atom. The lowest BCUT2D eigenvalue weighted by Crippen LogP contribution is -2.30. The summed E-state index contributed by atoms with van der Waals surface area (Å²) >= 11 is 0. The molecular formula is C67H130O17P2. The minimum Gasteiger partial charge on any atom is -0.462 e. The molecule has 0 saturated carbocycles. The van der Waals surface area contributed by atoms with Crippen molar-refractivity contribution in [3.8, 4) is 0 Å². The number of hydrogen-bond donors (Lipinski definition) is 3. The largest absolute Gasteiger partial charge is 0.472 e. The molecule has 0 aromatic carbocycles. The van der Waals surface area contributed by atoms with E-state index in [0.717, 1.165) is 95.8 Å². The molecular weight excluding hydrogens is 1140 g/mol. The Hall–Kier alpha value is -1.94. The standard InChI is InChI=1S/C67H130O17P2/c1-6-10-13-16-19-22-25-31-36-41-46-51-65(70)78-57-63(84-67(72)53-48-43-38-33-28-27-29-34-39-44-49-60(5)9-4)59-82-86(75,76)80-55-61(68)54-79-85(73,74)81-58-62(56-77-64(69)50-45-40-35-30-24-21-18-15-12-8-3)83-66(71)52-47-42-37-32-26-23-20-17-14-11-7-2/h60-63,68H,6-59H2,1-5H3,(H,73,74)(H,75,76)/t60?,61-,62+,63+/m0/s1. The predicted octanol–water partition coefficient (Wildman–Crippen LogP) is 19.0. The maximum absolute atomic E-state index is 13.0. The molecule has 510 valence electrons. The Bertz CT molecular complexity index is 1670. The number of ether oxygens (including phenoxy) is 4. The lowest BCUT2D eigenvalue weighted by atomic mass is 9.99. The van der Waals surface area contributed by atoms with Crippen LogP contribution >= 0.6 is 15.6 Å². The Kier molecular flexibility index (Phi) is 59.2. The molecule has 0 aliphatic rings. The van der Waals surface area contributed by atoms with E-state index in [4.69, 9.17) is 37.0 Å². The van der Waals surface area contributed by atoms with Crippen LogP contribution in [0, 0.1) is 5.92 Å². The second-order valence-corrected chi connectivity index (χ2v) is 27.4. The van der Waals surface area contributed by atoms with Gasteiger partial charge in [0.15, 0.2) is 12.2 Å². The molecule has 0 bridgehead atoms. The molecule has 0 aromatic rings. The van der Waals surface area contributed by atoms with Crippen molar-refractivity contribution in [1.29, 1.82) is 0 Å². The summed E-state index contributed by atoms with van der Waals surface area (Å²) in [4.78, 5) is 72.4. The van der Waals surface area contributed by atoms with Crippen LogP contribution in [0.4, 0.5) is 0 Å². The number of esters is 4. The summed E-state index contributed by atoms with van der Waals surface area (Å²) in [5.41, 5.74) is 0. The van der Waals surface area contributed by atoms with Crippen LogP contribution in [0.5, 0.6) is 0 Å². The summed E-state index contributed by atoms with van der Waals surface area (Å²) in [5.74, 6) is -1.32. The summed E-state index contributed by atoms with van der Waals surface area (Å²) in [6.07, 6.45) is 45.5. The summed E-state index contributed by atoms with van der Waals surface area (Å²) in [7, 11) is -9.89. The van der Waals surface area contributed by atoms with E-state index in [0.29, 0.717) is 25.7 Å². The fraction of sp³-hybridized carbons (Fsp3) is 0.940. The van der Waals surface area contributed by atoms with Crippen molar-refractivity contribution < 1.29 is 80.2 Å². The molecule has 17 nitrogen and oxygen atoms in total. The SMILES string of the molecule is CCCCCCCCCCCCCC(=O)OC[C@H](COP(=O)(O)OC[C@@H](O)COP(=O)(O)OC[C@@H](COC(=O)CCCCCCCCCCCC)OC(=O)CCCCCCCCCCCCC)OC(=O)CCCCCCCCCCCCC(C)CC. The van der Waals surface area contributed by atoms with Gasteiger partial charge in [0.05, 0.1) is 26.4 Å². The number of unbranched alkanes of at least 4 members (excludes halogenated alkanes) is 38. The number of carbonyl (C=O) groups is 4. The highest BCUT2D eigenvalue weighted by Crippen LogP contribution is 2.45. The molecule has 0 amide bonds. The van der Waals surface area contributed by atoms with Gasteiger partial charge < -0.3 is 33.8 Å². The third-order valence-electron chi connectivity index (χ3n) is 15.9. The van der Waals surface area contributed by atoms with Crippen LogP contribution in [0.1, 0.15) is 343 Å². The molecule has 3 N–H and O–H groups in total. The molecule has 19 heteroatoms. The molecule has 0 aromatic heterocycles. The van der Waals surface area contributed by atoms with Gasteiger partial charge in [-0.25, -0.2) is 9.13 Å². The molecule has 0 heterocycles. The second-order valence-electron chi connectivity index (χ2n) is 24.5. The average molecular weight is 1270 g/mol. The van der Waals surface area contributed by atoms with Gasteiger partial charge >= 0.3 is 39.5 Å². The number of rotatable bonds is 67. The van der Waals surface area contributed by atoms with Crippen molar-refractivity contribution in [2.75, 3.05) is 39.6 Å². The predicted molar refractivity (Wildman–Crippen MR) is 345 cm³/mol. The molecule has 0 saturated heterocycles. The van der Waals surface area contributed by atoms with Crippen LogP contribution < -0.4 is 0 Å². The first-order valence-corrected chi connectivity index (χ1v) is 38.2. The van der Waals surface area contributed by atoms with Crippen molar-refractivity contribution in [1.82, 2.24) is 0 Å². The highest BCUT2D eigenvalue weighted by atomic mass is 31.2. The average Bonchev–Trinajstić information content (AvgIpc) is 3.65. The third-order valence-corrected chi connectivity index (χ3v) is 17.8. The first-order chi connectivity index (χ1) is 41.6. The molecule has 3 unspecified atom stereocenters. The third kappa shape index (κ3) is 59.7. The van der Waals surface area contributed by atoms with Gasteiger partial charge in [-0.15, -0.1) is 0 Å². The minimum absolute atomic E-state index is 0.107. The van der Waals surface area contributed by atoms with Gasteiger partial charge in [0.25, 0.3) is 0 Å². The number of phosphoric acid groups is 2. The topological polar surface area (TPSA) is 237 Å². The molecule has 86 heavy (non-hydrogen) atoms. The van der Waals surface area contributed by atoms with E-state index in [1.807, 2.05) is 0 Å². The van der Waals surface area contributed by atoms with Gasteiger partial charge in [0.1, 0.15) is 19.3 Å². The number of hydrogen-bond acceptors (Lipinski definition) is 15. The number of aliphatic hydroxyl groups excluding tert-OH is 1. The minimum atomic E-state index is -4.95. The number of phosphoric ester groups is 2. The monoisotopic (exact) mass is 1270 g/mol. The quantitative estimate of drug-likeness (QED) is 0.0222. The van der Waals surface area contributed by atoms with Crippen molar-refractivity contribution in [3.63, 3.8) is 0 Å². The van der Waals surface area contributed by atoms with E-state index in [1.54, 1.807) is 0 Å². The van der Waals surface area contributed by atoms with Crippen LogP contribution in [0.25, 0.3) is 0 Å². The first kappa shape index (κ1) is 84.1. The number of carbonyl (C=O) groups excluding carboxylic acids is 4. The molecule has 0 aliphatic carbocycles. The Balaban J connectivity index is 5.25. The van der Waals surface area contributed by atoms with Gasteiger partial charge in [-0.1, -0.05) is 291 Å². The van der Waals surface area contributed by atoms with E-state index in [1.165, 1.54) is 167 Å². The summed E-state index contributed by atoms with van der Waals surface area (Å²) < 4.78 is 68.1. The second kappa shape index (κ2) is 60.6. The van der Waals surface area contributed by atoms with Gasteiger partial charge in [0.2, 0.25) is 0 Å². The highest BCUT2D eigenvalue weighted by molar-refractivity contribution is 7.47. The van der Waals surface area contributed by atoms with Crippen LogP contribution in [-0.4, -0.2) is 96.7 Å².